The number of halogens is 3. The standard InChI is InChI=1S/C8H6BrF2NO2/c9-2-4-1-5(8(10)11)7(14)6(3-13)12-4/h1,3,8,14H,2H2. The Balaban J connectivity index is 3.34. The maximum atomic E-state index is 12.3. The van der Waals surface area contributed by atoms with Crippen LogP contribution in [0.25, 0.3) is 0 Å². The van der Waals surface area contributed by atoms with Gasteiger partial charge in [-0.15, -0.1) is 0 Å². The number of pyridine rings is 1. The largest absolute Gasteiger partial charge is 0.505 e. The topological polar surface area (TPSA) is 50.2 Å². The van der Waals surface area contributed by atoms with Crippen molar-refractivity contribution in [3.63, 3.8) is 0 Å². The molecule has 0 saturated carbocycles. The Kier molecular flexibility index (Phi) is 3.51. The molecule has 1 heterocycles. The second-order valence-corrected chi connectivity index (χ2v) is 3.05. The lowest BCUT2D eigenvalue weighted by atomic mass is 10.2. The number of aromatic nitrogens is 1. The third-order valence-electron chi connectivity index (χ3n) is 1.59. The van der Waals surface area contributed by atoms with Crippen LogP contribution in [0.2, 0.25) is 0 Å². The van der Waals surface area contributed by atoms with Crippen LogP contribution in [0.5, 0.6) is 5.75 Å². The van der Waals surface area contributed by atoms with E-state index in [-0.39, 0.29) is 23.0 Å². The number of aldehydes is 1. The molecule has 0 unspecified atom stereocenters. The zero-order valence-corrected chi connectivity index (χ0v) is 8.46. The second-order valence-electron chi connectivity index (χ2n) is 2.49. The number of hydrogen-bond donors (Lipinski definition) is 1. The lowest BCUT2D eigenvalue weighted by Gasteiger charge is -2.06. The minimum atomic E-state index is -2.82. The molecule has 0 saturated heterocycles. The summed E-state index contributed by atoms with van der Waals surface area (Å²) in [6, 6.07) is 1.06. The van der Waals surface area contributed by atoms with E-state index in [4.69, 9.17) is 0 Å². The first-order valence-corrected chi connectivity index (χ1v) is 4.74. The predicted octanol–water partition coefficient (Wildman–Crippen LogP) is 2.43. The summed E-state index contributed by atoms with van der Waals surface area (Å²) in [5.74, 6) is -0.750. The van der Waals surface area contributed by atoms with Gasteiger partial charge >= 0.3 is 0 Å². The van der Waals surface area contributed by atoms with Crippen molar-refractivity contribution in [2.45, 2.75) is 11.8 Å². The van der Waals surface area contributed by atoms with Crippen LogP contribution in [0, 0.1) is 0 Å². The zero-order chi connectivity index (χ0) is 10.7. The number of rotatable bonds is 3. The van der Waals surface area contributed by atoms with Gasteiger partial charge in [0.05, 0.1) is 11.3 Å². The van der Waals surface area contributed by atoms with Gasteiger partial charge in [0, 0.05) is 5.33 Å². The van der Waals surface area contributed by atoms with Crippen LogP contribution in [0.3, 0.4) is 0 Å². The van der Waals surface area contributed by atoms with Crippen molar-refractivity contribution in [1.82, 2.24) is 4.98 Å². The molecule has 14 heavy (non-hydrogen) atoms. The molecule has 0 amide bonds. The van der Waals surface area contributed by atoms with Crippen molar-refractivity contribution >= 4 is 22.2 Å². The quantitative estimate of drug-likeness (QED) is 0.675. The van der Waals surface area contributed by atoms with Gasteiger partial charge < -0.3 is 5.11 Å². The highest BCUT2D eigenvalue weighted by molar-refractivity contribution is 9.08. The molecule has 0 bridgehead atoms. The van der Waals surface area contributed by atoms with Crippen LogP contribution in [-0.4, -0.2) is 16.4 Å². The van der Waals surface area contributed by atoms with Gasteiger partial charge in [0.1, 0.15) is 5.69 Å². The highest BCUT2D eigenvalue weighted by atomic mass is 79.9. The maximum absolute atomic E-state index is 12.3. The van der Waals surface area contributed by atoms with Crippen molar-refractivity contribution in [3.05, 3.63) is 23.0 Å². The first-order chi connectivity index (χ1) is 6.60. The van der Waals surface area contributed by atoms with Crippen LogP contribution in [0.15, 0.2) is 6.07 Å². The van der Waals surface area contributed by atoms with E-state index in [1.807, 2.05) is 0 Å². The maximum Gasteiger partial charge on any atom is 0.267 e. The fourth-order valence-electron chi connectivity index (χ4n) is 0.953. The average molecular weight is 266 g/mol. The molecule has 0 spiro atoms. The van der Waals surface area contributed by atoms with E-state index >= 15 is 0 Å². The van der Waals surface area contributed by atoms with Crippen molar-refractivity contribution in [2.75, 3.05) is 0 Å². The number of carbonyl (C=O) groups is 1. The van der Waals surface area contributed by atoms with E-state index in [9.17, 15) is 18.7 Å². The molecule has 1 aromatic heterocycles. The summed E-state index contributed by atoms with van der Waals surface area (Å²) >= 11 is 3.02. The molecule has 1 N–H and O–H groups in total. The van der Waals surface area contributed by atoms with Gasteiger partial charge in [0.15, 0.2) is 12.0 Å². The summed E-state index contributed by atoms with van der Waals surface area (Å²) in [5, 5.41) is 9.43. The second kappa shape index (κ2) is 4.45. The van der Waals surface area contributed by atoms with Crippen LogP contribution in [0.1, 0.15) is 28.2 Å². The van der Waals surface area contributed by atoms with Crippen molar-refractivity contribution in [3.8, 4) is 5.75 Å². The Labute approximate surface area is 86.9 Å². The van der Waals surface area contributed by atoms with Gasteiger partial charge in [-0.05, 0) is 6.07 Å². The normalized spacial score (nSPS) is 10.6. The number of alkyl halides is 3. The first kappa shape index (κ1) is 11.0. The monoisotopic (exact) mass is 265 g/mol. The van der Waals surface area contributed by atoms with Crippen molar-refractivity contribution in [1.29, 1.82) is 0 Å². The molecule has 0 radical (unpaired) electrons. The van der Waals surface area contributed by atoms with E-state index < -0.39 is 17.7 Å². The highest BCUT2D eigenvalue weighted by Crippen LogP contribution is 2.30. The van der Waals surface area contributed by atoms with E-state index in [1.165, 1.54) is 0 Å². The summed E-state index contributed by atoms with van der Waals surface area (Å²) in [7, 11) is 0. The third kappa shape index (κ3) is 2.06. The van der Waals surface area contributed by atoms with Crippen molar-refractivity contribution < 1.29 is 18.7 Å². The molecule has 1 rings (SSSR count). The van der Waals surface area contributed by atoms with Gasteiger partial charge in [-0.2, -0.15) is 0 Å². The van der Waals surface area contributed by atoms with Gasteiger partial charge in [-0.3, -0.25) is 4.79 Å². The number of carbonyl (C=O) groups excluding carboxylic acids is 1. The van der Waals surface area contributed by atoms with Crippen LogP contribution < -0.4 is 0 Å². The molecule has 0 aliphatic carbocycles. The van der Waals surface area contributed by atoms with E-state index in [0.717, 1.165) is 6.07 Å². The third-order valence-corrected chi connectivity index (χ3v) is 2.16. The molecule has 0 aliphatic rings. The Morgan fingerprint density at radius 1 is 1.64 bits per heavy atom. The molecule has 0 fully saturated rings. The molecule has 6 heteroatoms. The van der Waals surface area contributed by atoms with E-state index in [0.29, 0.717) is 0 Å². The lowest BCUT2D eigenvalue weighted by Crippen LogP contribution is -1.98. The lowest BCUT2D eigenvalue weighted by molar-refractivity contribution is 0.111. The fourth-order valence-corrected chi connectivity index (χ4v) is 1.24. The molecular formula is C8H6BrF2NO2. The Morgan fingerprint density at radius 3 is 2.71 bits per heavy atom. The van der Waals surface area contributed by atoms with E-state index in [1.54, 1.807) is 0 Å². The minimum absolute atomic E-state index is 0.243. The molecule has 76 valence electrons. The SMILES string of the molecule is O=Cc1nc(CBr)cc(C(F)F)c1O. The van der Waals surface area contributed by atoms with Crippen LogP contribution in [-0.2, 0) is 5.33 Å². The fraction of sp³-hybridized carbons (Fsp3) is 0.250. The summed E-state index contributed by atoms with van der Waals surface area (Å²) in [5.41, 5.74) is -0.658. The highest BCUT2D eigenvalue weighted by Gasteiger charge is 2.18. The first-order valence-electron chi connectivity index (χ1n) is 3.62. The number of hydrogen-bond acceptors (Lipinski definition) is 3. The predicted molar refractivity (Wildman–Crippen MR) is 48.9 cm³/mol. The van der Waals surface area contributed by atoms with Crippen molar-refractivity contribution in [2.24, 2.45) is 0 Å². The Morgan fingerprint density at radius 2 is 2.29 bits per heavy atom. The number of aromatic hydroxyl groups is 1. The van der Waals surface area contributed by atoms with Gasteiger partial charge in [-0.25, -0.2) is 13.8 Å². The molecular weight excluding hydrogens is 260 g/mol. The molecule has 1 aromatic rings. The van der Waals surface area contributed by atoms with Crippen LogP contribution in [0.4, 0.5) is 8.78 Å². The summed E-state index contributed by atoms with van der Waals surface area (Å²) in [6.07, 6.45) is -2.58. The Hall–Kier alpha value is -1.04. The zero-order valence-electron chi connectivity index (χ0n) is 6.88. The Bertz CT molecular complexity index is 357. The number of nitrogens with zero attached hydrogens (tertiary/aromatic N) is 1. The summed E-state index contributed by atoms with van der Waals surface area (Å²) in [4.78, 5) is 14.0. The van der Waals surface area contributed by atoms with Crippen LogP contribution >= 0.6 is 15.9 Å². The smallest absolute Gasteiger partial charge is 0.267 e. The van der Waals surface area contributed by atoms with E-state index in [2.05, 4.69) is 20.9 Å². The molecule has 3 nitrogen and oxygen atoms in total. The minimum Gasteiger partial charge on any atom is -0.505 e. The average Bonchev–Trinajstić information content (AvgIpc) is 2.17. The molecule has 0 aromatic carbocycles. The summed E-state index contributed by atoms with van der Waals surface area (Å²) < 4.78 is 24.7. The van der Waals surface area contributed by atoms with Gasteiger partial charge in [-0.1, -0.05) is 15.9 Å². The van der Waals surface area contributed by atoms with Gasteiger partial charge in [0.2, 0.25) is 0 Å². The summed E-state index contributed by atoms with van der Waals surface area (Å²) in [6.45, 7) is 0. The van der Waals surface area contributed by atoms with Gasteiger partial charge in [0.25, 0.3) is 6.43 Å². The molecule has 0 aliphatic heterocycles. The molecule has 0 atom stereocenters.